The van der Waals surface area contributed by atoms with Gasteiger partial charge in [0.15, 0.2) is 0 Å². The van der Waals surface area contributed by atoms with E-state index in [9.17, 15) is 9.59 Å². The van der Waals surface area contributed by atoms with Gasteiger partial charge >= 0.3 is 11.9 Å². The van der Waals surface area contributed by atoms with Crippen molar-refractivity contribution in [2.24, 2.45) is 5.92 Å². The van der Waals surface area contributed by atoms with Crippen molar-refractivity contribution in [3.63, 3.8) is 0 Å². The molecule has 0 aliphatic rings. The molecule has 5 heteroatoms. The Labute approximate surface area is 147 Å². The highest BCUT2D eigenvalue weighted by Crippen LogP contribution is 2.09. The summed E-state index contributed by atoms with van der Waals surface area (Å²) in [6.07, 6.45) is 8.35. The average Bonchev–Trinajstić information content (AvgIpc) is 2.56. The third-order valence-corrected chi connectivity index (χ3v) is 3.96. The number of methoxy groups -OCH3 is 1. The standard InChI is InChI=1S/C19H36O5/c1-4-5-6-9-14-23-18(20)10-7-8-11-19(21)24-16-13-17(2)12-15-22-3/h17H,4-16H2,1-3H3. The maximum Gasteiger partial charge on any atom is 0.305 e. The Morgan fingerprint density at radius 2 is 1.38 bits per heavy atom. The predicted octanol–water partition coefficient (Wildman–Crippen LogP) is 4.28. The summed E-state index contributed by atoms with van der Waals surface area (Å²) in [4.78, 5) is 23.1. The molecule has 0 aliphatic heterocycles. The van der Waals surface area contributed by atoms with Crippen LogP contribution < -0.4 is 0 Å². The molecule has 0 amide bonds. The first-order chi connectivity index (χ1) is 11.6. The molecule has 142 valence electrons. The lowest BCUT2D eigenvalue weighted by atomic mass is 10.1. The van der Waals surface area contributed by atoms with Crippen molar-refractivity contribution in [1.29, 1.82) is 0 Å². The van der Waals surface area contributed by atoms with Gasteiger partial charge < -0.3 is 14.2 Å². The molecule has 0 radical (unpaired) electrons. The van der Waals surface area contributed by atoms with E-state index in [0.717, 1.165) is 32.3 Å². The van der Waals surface area contributed by atoms with Crippen molar-refractivity contribution in [1.82, 2.24) is 0 Å². The molecule has 0 aliphatic carbocycles. The fourth-order valence-corrected chi connectivity index (χ4v) is 2.24. The maximum absolute atomic E-state index is 11.6. The van der Waals surface area contributed by atoms with E-state index in [1.807, 2.05) is 0 Å². The van der Waals surface area contributed by atoms with Crippen LogP contribution in [0.1, 0.15) is 78.1 Å². The van der Waals surface area contributed by atoms with Gasteiger partial charge in [0.1, 0.15) is 0 Å². The number of carbonyl (C=O) groups excluding carboxylic acids is 2. The summed E-state index contributed by atoms with van der Waals surface area (Å²) >= 11 is 0. The lowest BCUT2D eigenvalue weighted by Crippen LogP contribution is -2.10. The Morgan fingerprint density at radius 3 is 1.96 bits per heavy atom. The molecule has 0 fully saturated rings. The van der Waals surface area contributed by atoms with Crippen molar-refractivity contribution < 1.29 is 23.8 Å². The summed E-state index contributed by atoms with van der Waals surface area (Å²) in [6.45, 7) is 6.00. The summed E-state index contributed by atoms with van der Waals surface area (Å²) < 4.78 is 15.4. The van der Waals surface area contributed by atoms with Crippen LogP contribution in [0.3, 0.4) is 0 Å². The van der Waals surface area contributed by atoms with Gasteiger partial charge in [0, 0.05) is 26.6 Å². The van der Waals surface area contributed by atoms with Crippen LogP contribution in [0, 0.1) is 5.92 Å². The number of unbranched alkanes of at least 4 members (excludes halogenated alkanes) is 4. The molecule has 0 saturated heterocycles. The monoisotopic (exact) mass is 344 g/mol. The second-order valence-electron chi connectivity index (χ2n) is 6.38. The predicted molar refractivity (Wildman–Crippen MR) is 94.8 cm³/mol. The fourth-order valence-electron chi connectivity index (χ4n) is 2.24. The van der Waals surface area contributed by atoms with Crippen LogP contribution in [0.25, 0.3) is 0 Å². The zero-order valence-corrected chi connectivity index (χ0v) is 15.8. The van der Waals surface area contributed by atoms with Gasteiger partial charge in [-0.25, -0.2) is 0 Å². The molecule has 0 bridgehead atoms. The molecule has 1 atom stereocenters. The first-order valence-electron chi connectivity index (χ1n) is 9.40. The van der Waals surface area contributed by atoms with E-state index >= 15 is 0 Å². The molecule has 0 rings (SSSR count). The highest BCUT2D eigenvalue weighted by molar-refractivity contribution is 5.70. The Balaban J connectivity index is 3.43. The average molecular weight is 344 g/mol. The summed E-state index contributed by atoms with van der Waals surface area (Å²) in [5, 5.41) is 0. The summed E-state index contributed by atoms with van der Waals surface area (Å²) in [6, 6.07) is 0. The van der Waals surface area contributed by atoms with E-state index in [0.29, 0.717) is 44.8 Å². The normalized spacial score (nSPS) is 12.0. The van der Waals surface area contributed by atoms with Crippen LogP contribution >= 0.6 is 0 Å². The van der Waals surface area contributed by atoms with Gasteiger partial charge in [-0.05, 0) is 38.0 Å². The first kappa shape index (κ1) is 22.9. The maximum atomic E-state index is 11.6. The van der Waals surface area contributed by atoms with Crippen molar-refractivity contribution in [2.45, 2.75) is 78.1 Å². The Morgan fingerprint density at radius 1 is 0.792 bits per heavy atom. The topological polar surface area (TPSA) is 61.8 Å². The summed E-state index contributed by atoms with van der Waals surface area (Å²) in [7, 11) is 1.69. The highest BCUT2D eigenvalue weighted by Gasteiger charge is 2.07. The largest absolute Gasteiger partial charge is 0.466 e. The third kappa shape index (κ3) is 15.8. The van der Waals surface area contributed by atoms with Gasteiger partial charge in [-0.1, -0.05) is 33.1 Å². The SMILES string of the molecule is CCCCCCOC(=O)CCCCC(=O)OCCC(C)CCOC. The minimum atomic E-state index is -0.179. The highest BCUT2D eigenvalue weighted by atomic mass is 16.5. The zero-order chi connectivity index (χ0) is 18.0. The van der Waals surface area contributed by atoms with Crippen LogP contribution in [0.15, 0.2) is 0 Å². The van der Waals surface area contributed by atoms with Gasteiger partial charge in [0.25, 0.3) is 0 Å². The zero-order valence-electron chi connectivity index (χ0n) is 15.8. The van der Waals surface area contributed by atoms with Crippen molar-refractivity contribution in [3.05, 3.63) is 0 Å². The quantitative estimate of drug-likeness (QED) is 0.309. The second-order valence-corrected chi connectivity index (χ2v) is 6.38. The minimum absolute atomic E-state index is 0.160. The Kier molecular flexibility index (Phi) is 16.0. The van der Waals surface area contributed by atoms with Crippen LogP contribution in [0.4, 0.5) is 0 Å². The number of rotatable bonds is 16. The molecule has 0 spiro atoms. The Bertz CT molecular complexity index is 317. The van der Waals surface area contributed by atoms with E-state index in [1.165, 1.54) is 12.8 Å². The first-order valence-corrected chi connectivity index (χ1v) is 9.40. The molecule has 0 aromatic rings. The van der Waals surface area contributed by atoms with E-state index in [2.05, 4.69) is 13.8 Å². The second kappa shape index (κ2) is 16.7. The van der Waals surface area contributed by atoms with Crippen molar-refractivity contribution >= 4 is 11.9 Å². The fraction of sp³-hybridized carbons (Fsp3) is 0.895. The third-order valence-electron chi connectivity index (χ3n) is 3.96. The van der Waals surface area contributed by atoms with Gasteiger partial charge in [0.2, 0.25) is 0 Å². The smallest absolute Gasteiger partial charge is 0.305 e. The molecular weight excluding hydrogens is 308 g/mol. The number of ether oxygens (including phenoxy) is 3. The van der Waals surface area contributed by atoms with E-state index < -0.39 is 0 Å². The summed E-state index contributed by atoms with van der Waals surface area (Å²) in [5.74, 6) is 0.151. The van der Waals surface area contributed by atoms with Gasteiger partial charge in [-0.15, -0.1) is 0 Å². The van der Waals surface area contributed by atoms with E-state index in [-0.39, 0.29) is 11.9 Å². The Hall–Kier alpha value is -1.10. The van der Waals surface area contributed by atoms with Crippen molar-refractivity contribution in [2.75, 3.05) is 26.9 Å². The number of carbonyl (C=O) groups is 2. The van der Waals surface area contributed by atoms with Gasteiger partial charge in [0.05, 0.1) is 13.2 Å². The van der Waals surface area contributed by atoms with Crippen LogP contribution in [-0.4, -0.2) is 38.9 Å². The van der Waals surface area contributed by atoms with Crippen LogP contribution in [0.5, 0.6) is 0 Å². The number of hydrogen-bond acceptors (Lipinski definition) is 5. The van der Waals surface area contributed by atoms with Gasteiger partial charge in [-0.2, -0.15) is 0 Å². The molecule has 0 aromatic heterocycles. The number of esters is 2. The van der Waals surface area contributed by atoms with Gasteiger partial charge in [-0.3, -0.25) is 9.59 Å². The van der Waals surface area contributed by atoms with Crippen molar-refractivity contribution in [3.8, 4) is 0 Å². The van der Waals surface area contributed by atoms with Crippen LogP contribution in [-0.2, 0) is 23.8 Å². The summed E-state index contributed by atoms with van der Waals surface area (Å²) in [5.41, 5.74) is 0. The molecule has 0 N–H and O–H groups in total. The molecule has 0 heterocycles. The molecule has 5 nitrogen and oxygen atoms in total. The lowest BCUT2D eigenvalue weighted by Gasteiger charge is -2.11. The minimum Gasteiger partial charge on any atom is -0.466 e. The molecule has 0 saturated carbocycles. The molecule has 1 unspecified atom stereocenters. The molecular formula is C19H36O5. The van der Waals surface area contributed by atoms with Crippen LogP contribution in [0.2, 0.25) is 0 Å². The number of hydrogen-bond donors (Lipinski definition) is 0. The lowest BCUT2D eigenvalue weighted by molar-refractivity contribution is -0.146. The molecule has 0 aromatic carbocycles. The van der Waals surface area contributed by atoms with E-state index in [1.54, 1.807) is 7.11 Å². The molecule has 24 heavy (non-hydrogen) atoms. The van der Waals surface area contributed by atoms with E-state index in [4.69, 9.17) is 14.2 Å².